The Kier molecular flexibility index (Phi) is 8.02. The predicted octanol–water partition coefficient (Wildman–Crippen LogP) is 2.59. The molecule has 164 valence electrons. The van der Waals surface area contributed by atoms with Gasteiger partial charge in [0.2, 0.25) is 0 Å². The van der Waals surface area contributed by atoms with Gasteiger partial charge in [0.05, 0.1) is 18.8 Å². The minimum Gasteiger partial charge on any atom is -0.461 e. The van der Waals surface area contributed by atoms with Crippen LogP contribution in [0, 0.1) is 0 Å². The van der Waals surface area contributed by atoms with Gasteiger partial charge in [0.25, 0.3) is 0 Å². The molecular formula is C22H34O7. The fourth-order valence-electron chi connectivity index (χ4n) is 3.99. The molecular weight excluding hydrogens is 376 g/mol. The first-order valence-electron chi connectivity index (χ1n) is 10.3. The fraction of sp³-hybridized carbons (Fsp3) is 0.727. The van der Waals surface area contributed by atoms with Crippen LogP contribution < -0.4 is 0 Å². The number of hydrogen-bond donors (Lipinski definition) is 2. The quantitative estimate of drug-likeness (QED) is 0.445. The molecule has 3 rings (SSSR count). The lowest BCUT2D eigenvalue weighted by atomic mass is 9.88. The van der Waals surface area contributed by atoms with Crippen molar-refractivity contribution in [2.45, 2.75) is 89.6 Å². The predicted molar refractivity (Wildman–Crippen MR) is 107 cm³/mol. The minimum atomic E-state index is -1.38. The normalized spacial score (nSPS) is 32.7. The first kappa shape index (κ1) is 23.6. The molecule has 3 aliphatic rings. The molecule has 0 radical (unpaired) electrons. The van der Waals surface area contributed by atoms with Crippen LogP contribution in [-0.4, -0.2) is 58.8 Å². The second kappa shape index (κ2) is 9.87. The van der Waals surface area contributed by atoms with Gasteiger partial charge in [-0.1, -0.05) is 17.7 Å². The Labute approximate surface area is 172 Å². The van der Waals surface area contributed by atoms with Gasteiger partial charge in [-0.25, -0.2) is 4.79 Å². The average Bonchev–Trinajstić information content (AvgIpc) is 2.81. The van der Waals surface area contributed by atoms with Crippen LogP contribution in [0.4, 0.5) is 0 Å². The molecule has 2 N–H and O–H groups in total. The number of aliphatic hydroxyl groups excluding tert-OH is 2. The molecule has 0 aromatic heterocycles. The number of fused-ring (bicyclic) bond motifs is 4. The topological polar surface area (TPSA) is 102 Å². The molecule has 7 heteroatoms. The number of allylic oxidation sites excluding steroid dienone is 2. The zero-order valence-electron chi connectivity index (χ0n) is 17.9. The number of esters is 2. The lowest BCUT2D eigenvalue weighted by Crippen LogP contribution is -2.61. The second-order valence-electron chi connectivity index (χ2n) is 8.39. The van der Waals surface area contributed by atoms with Crippen molar-refractivity contribution in [1.29, 1.82) is 0 Å². The minimum absolute atomic E-state index is 0.00864. The number of rotatable bonds is 9. The Balaban J connectivity index is 2.12. The van der Waals surface area contributed by atoms with Crippen molar-refractivity contribution in [3.05, 3.63) is 23.3 Å². The zero-order valence-corrected chi connectivity index (χ0v) is 17.9. The summed E-state index contributed by atoms with van der Waals surface area (Å²) in [5.74, 6) is -0.850. The van der Waals surface area contributed by atoms with Crippen molar-refractivity contribution in [3.63, 3.8) is 0 Å². The van der Waals surface area contributed by atoms with Gasteiger partial charge in [-0.05, 0) is 64.9 Å². The van der Waals surface area contributed by atoms with Crippen molar-refractivity contribution in [1.82, 2.24) is 0 Å². The Bertz CT molecular complexity index is 668. The summed E-state index contributed by atoms with van der Waals surface area (Å²) in [7, 11) is 0. The molecule has 2 bridgehead atoms. The largest absolute Gasteiger partial charge is 0.461 e. The SMILES string of the molecule is CC(=O)OC/C(C)=C\CC[C@@]12O[C@@H](CC/C(C)=C\CO)[C@@](C)(CC[C@@H]1O)OC2=O. The van der Waals surface area contributed by atoms with E-state index < -0.39 is 23.3 Å². The van der Waals surface area contributed by atoms with Crippen LogP contribution in [0.5, 0.6) is 0 Å². The highest BCUT2D eigenvalue weighted by molar-refractivity contribution is 5.82. The maximum atomic E-state index is 12.8. The second-order valence-corrected chi connectivity index (χ2v) is 8.39. The van der Waals surface area contributed by atoms with Gasteiger partial charge in [0.15, 0.2) is 5.60 Å². The van der Waals surface area contributed by atoms with E-state index in [1.165, 1.54) is 6.92 Å². The molecule has 0 aliphatic carbocycles. The summed E-state index contributed by atoms with van der Waals surface area (Å²) >= 11 is 0. The van der Waals surface area contributed by atoms with Gasteiger partial charge in [-0.2, -0.15) is 0 Å². The summed E-state index contributed by atoms with van der Waals surface area (Å²) < 4.78 is 17.1. The third kappa shape index (κ3) is 5.68. The first-order valence-corrected chi connectivity index (χ1v) is 10.3. The number of aliphatic hydroxyl groups is 2. The molecule has 0 saturated carbocycles. The summed E-state index contributed by atoms with van der Waals surface area (Å²) in [6, 6.07) is 0. The molecule has 0 aromatic rings. The fourth-order valence-corrected chi connectivity index (χ4v) is 3.99. The van der Waals surface area contributed by atoms with Crippen molar-refractivity contribution in [2.24, 2.45) is 0 Å². The maximum absolute atomic E-state index is 12.8. The van der Waals surface area contributed by atoms with E-state index in [2.05, 4.69) is 0 Å². The molecule has 3 aliphatic heterocycles. The average molecular weight is 411 g/mol. The van der Waals surface area contributed by atoms with E-state index in [4.69, 9.17) is 19.3 Å². The Hall–Kier alpha value is -1.70. The maximum Gasteiger partial charge on any atom is 0.341 e. The lowest BCUT2D eigenvalue weighted by molar-refractivity contribution is -0.258. The number of carbonyl (C=O) groups is 2. The Morgan fingerprint density at radius 3 is 2.66 bits per heavy atom. The summed E-state index contributed by atoms with van der Waals surface area (Å²) in [6.45, 7) is 7.21. The smallest absolute Gasteiger partial charge is 0.341 e. The van der Waals surface area contributed by atoms with Crippen LogP contribution in [0.15, 0.2) is 23.3 Å². The third-order valence-electron chi connectivity index (χ3n) is 5.91. The van der Waals surface area contributed by atoms with Crippen molar-refractivity contribution >= 4 is 11.9 Å². The van der Waals surface area contributed by atoms with E-state index in [-0.39, 0.29) is 25.3 Å². The van der Waals surface area contributed by atoms with Gasteiger partial charge in [-0.3, -0.25) is 4.79 Å². The molecule has 0 aromatic carbocycles. The van der Waals surface area contributed by atoms with E-state index in [1.54, 1.807) is 6.08 Å². The molecule has 29 heavy (non-hydrogen) atoms. The summed E-state index contributed by atoms with van der Waals surface area (Å²) in [4.78, 5) is 23.8. The molecule has 4 atom stereocenters. The zero-order chi connectivity index (χ0) is 21.7. The van der Waals surface area contributed by atoms with Crippen molar-refractivity contribution in [2.75, 3.05) is 13.2 Å². The molecule has 3 heterocycles. The monoisotopic (exact) mass is 410 g/mol. The summed E-state index contributed by atoms with van der Waals surface area (Å²) in [5.41, 5.74) is -0.230. The third-order valence-corrected chi connectivity index (χ3v) is 5.91. The number of hydrogen-bond acceptors (Lipinski definition) is 7. The van der Waals surface area contributed by atoms with Gasteiger partial charge in [-0.15, -0.1) is 0 Å². The van der Waals surface area contributed by atoms with Gasteiger partial charge in [0, 0.05) is 6.92 Å². The Morgan fingerprint density at radius 1 is 1.28 bits per heavy atom. The molecule has 0 unspecified atom stereocenters. The van der Waals surface area contributed by atoms with Crippen LogP contribution in [-0.2, 0) is 23.8 Å². The van der Waals surface area contributed by atoms with Crippen molar-refractivity contribution in [3.8, 4) is 0 Å². The van der Waals surface area contributed by atoms with E-state index in [0.29, 0.717) is 38.5 Å². The highest BCUT2D eigenvalue weighted by Gasteiger charge is 2.61. The van der Waals surface area contributed by atoms with Crippen LogP contribution in [0.1, 0.15) is 66.2 Å². The van der Waals surface area contributed by atoms with E-state index >= 15 is 0 Å². The van der Waals surface area contributed by atoms with Gasteiger partial charge < -0.3 is 24.4 Å². The molecule has 3 saturated heterocycles. The first-order chi connectivity index (χ1) is 13.6. The highest BCUT2D eigenvalue weighted by Crippen LogP contribution is 2.46. The van der Waals surface area contributed by atoms with Crippen LogP contribution in [0.3, 0.4) is 0 Å². The molecule has 0 spiro atoms. The molecule has 3 fully saturated rings. The summed E-state index contributed by atoms with van der Waals surface area (Å²) in [5, 5.41) is 19.8. The highest BCUT2D eigenvalue weighted by atomic mass is 16.6. The van der Waals surface area contributed by atoms with Crippen LogP contribution >= 0.6 is 0 Å². The van der Waals surface area contributed by atoms with E-state index in [1.807, 2.05) is 26.8 Å². The standard InChI is InChI=1S/C22H34O7/c1-15(10-13-23)7-8-19-21(4)12-9-18(25)22(28-19,20(26)29-21)11-5-6-16(2)14-27-17(3)24/h6,10,18-19,23,25H,5,7-9,11-14H2,1-4H3/b15-10-,16-6-/t18-,19-,21+,22+/m0/s1. The van der Waals surface area contributed by atoms with E-state index in [0.717, 1.165) is 11.1 Å². The summed E-state index contributed by atoms with van der Waals surface area (Å²) in [6.07, 6.45) is 5.50. The molecule has 0 amide bonds. The number of carbonyl (C=O) groups excluding carboxylic acids is 2. The van der Waals surface area contributed by atoms with Gasteiger partial charge >= 0.3 is 11.9 Å². The van der Waals surface area contributed by atoms with Crippen LogP contribution in [0.25, 0.3) is 0 Å². The van der Waals surface area contributed by atoms with Gasteiger partial charge in [0.1, 0.15) is 12.2 Å². The number of ether oxygens (including phenoxy) is 3. The molecule has 7 nitrogen and oxygen atoms in total. The lowest BCUT2D eigenvalue weighted by Gasteiger charge is -2.46. The van der Waals surface area contributed by atoms with E-state index in [9.17, 15) is 14.7 Å². The van der Waals surface area contributed by atoms with Crippen molar-refractivity contribution < 1.29 is 34.0 Å². The Morgan fingerprint density at radius 2 is 2.00 bits per heavy atom. The van der Waals surface area contributed by atoms with Crippen LogP contribution in [0.2, 0.25) is 0 Å².